The van der Waals surface area contributed by atoms with E-state index in [4.69, 9.17) is 15.6 Å². The van der Waals surface area contributed by atoms with Gasteiger partial charge in [-0.25, -0.2) is 13.6 Å². The second-order valence-electron chi connectivity index (χ2n) is 4.97. The van der Waals surface area contributed by atoms with Gasteiger partial charge in [0.15, 0.2) is 5.75 Å². The van der Waals surface area contributed by atoms with Crippen LogP contribution in [0.2, 0.25) is 0 Å². The average molecular weight is 306 g/mol. The number of nitrogens with two attached hydrogens (primary N) is 2. The molecule has 0 aliphatic rings. The molecule has 21 heavy (non-hydrogen) atoms. The minimum absolute atomic E-state index is 0.0142. The topological polar surface area (TPSA) is 95.4 Å². The lowest BCUT2D eigenvalue weighted by Crippen LogP contribution is -2.14. The minimum atomic E-state index is -3.88. The molecule has 2 aromatic rings. The molecular formula is C15H18N2O3S. The first-order valence-corrected chi connectivity index (χ1v) is 7.92. The highest BCUT2D eigenvalue weighted by atomic mass is 32.2. The van der Waals surface area contributed by atoms with E-state index in [1.165, 1.54) is 6.07 Å². The lowest BCUT2D eigenvalue weighted by atomic mass is 10.1. The Morgan fingerprint density at radius 3 is 2.24 bits per heavy atom. The van der Waals surface area contributed by atoms with E-state index in [-0.39, 0.29) is 16.3 Å². The van der Waals surface area contributed by atoms with E-state index in [0.717, 1.165) is 16.7 Å². The van der Waals surface area contributed by atoms with Crippen LogP contribution in [0.5, 0.6) is 11.5 Å². The molecule has 0 unspecified atom stereocenters. The Hall–Kier alpha value is -2.05. The van der Waals surface area contributed by atoms with Gasteiger partial charge in [0.25, 0.3) is 0 Å². The standard InChI is InChI=1S/C15H18N2O3S/c1-9-7-8-10(2)15(11(9)3)20-12-5-4-6-13(14(12)16)21(17,18)19/h4-8H,16H2,1-3H3,(H2,17,18,19). The van der Waals surface area contributed by atoms with Crippen molar-refractivity contribution in [2.24, 2.45) is 5.14 Å². The minimum Gasteiger partial charge on any atom is -0.455 e. The van der Waals surface area contributed by atoms with Gasteiger partial charge in [0.2, 0.25) is 10.0 Å². The van der Waals surface area contributed by atoms with Crippen molar-refractivity contribution in [3.05, 3.63) is 47.0 Å². The lowest BCUT2D eigenvalue weighted by molar-refractivity contribution is 0.475. The Morgan fingerprint density at radius 1 is 1.00 bits per heavy atom. The predicted molar refractivity (Wildman–Crippen MR) is 83.0 cm³/mol. The summed E-state index contributed by atoms with van der Waals surface area (Å²) in [6, 6.07) is 8.46. The second kappa shape index (κ2) is 5.38. The third kappa shape index (κ3) is 3.01. The Kier molecular flexibility index (Phi) is 3.93. The number of benzene rings is 2. The molecule has 2 aromatic carbocycles. The summed E-state index contributed by atoms with van der Waals surface area (Å²) in [4.78, 5) is -0.136. The maximum atomic E-state index is 11.5. The van der Waals surface area contributed by atoms with Gasteiger partial charge >= 0.3 is 0 Å². The molecule has 4 N–H and O–H groups in total. The number of hydrogen-bond donors (Lipinski definition) is 2. The zero-order valence-electron chi connectivity index (χ0n) is 12.2. The van der Waals surface area contributed by atoms with Crippen LogP contribution in [0.25, 0.3) is 0 Å². The van der Waals surface area contributed by atoms with Crippen molar-refractivity contribution in [2.45, 2.75) is 25.7 Å². The SMILES string of the molecule is Cc1ccc(C)c(Oc2cccc(S(N)(=O)=O)c2N)c1C. The molecule has 0 radical (unpaired) electrons. The van der Waals surface area contributed by atoms with Gasteiger partial charge in [0, 0.05) is 0 Å². The molecule has 0 heterocycles. The highest BCUT2D eigenvalue weighted by Gasteiger charge is 2.17. The van der Waals surface area contributed by atoms with Gasteiger partial charge in [-0.3, -0.25) is 0 Å². The van der Waals surface area contributed by atoms with E-state index in [1.807, 2.05) is 32.9 Å². The predicted octanol–water partition coefficient (Wildman–Crippen LogP) is 2.63. The Bertz CT molecular complexity index is 799. The van der Waals surface area contributed by atoms with Crippen LogP contribution in [0.1, 0.15) is 16.7 Å². The number of anilines is 1. The summed E-state index contributed by atoms with van der Waals surface area (Å²) >= 11 is 0. The molecule has 0 aromatic heterocycles. The molecule has 0 fully saturated rings. The lowest BCUT2D eigenvalue weighted by Gasteiger charge is -2.16. The van der Waals surface area contributed by atoms with Crippen LogP contribution < -0.4 is 15.6 Å². The van der Waals surface area contributed by atoms with Crippen LogP contribution in [0.3, 0.4) is 0 Å². The Morgan fingerprint density at radius 2 is 1.62 bits per heavy atom. The quantitative estimate of drug-likeness (QED) is 0.852. The summed E-state index contributed by atoms with van der Waals surface area (Å²) in [6.45, 7) is 5.84. The van der Waals surface area contributed by atoms with Gasteiger partial charge in [-0.15, -0.1) is 0 Å². The molecule has 2 rings (SSSR count). The van der Waals surface area contributed by atoms with Gasteiger partial charge in [-0.2, -0.15) is 0 Å². The molecule has 0 aliphatic carbocycles. The normalized spacial score (nSPS) is 11.4. The van der Waals surface area contributed by atoms with E-state index in [0.29, 0.717) is 5.75 Å². The molecule has 0 atom stereocenters. The van der Waals surface area contributed by atoms with Crippen LogP contribution >= 0.6 is 0 Å². The molecule has 0 saturated heterocycles. The molecule has 112 valence electrons. The van der Waals surface area contributed by atoms with Crippen molar-refractivity contribution in [1.29, 1.82) is 0 Å². The van der Waals surface area contributed by atoms with Crippen LogP contribution in [-0.4, -0.2) is 8.42 Å². The van der Waals surface area contributed by atoms with Crippen LogP contribution in [0, 0.1) is 20.8 Å². The molecule has 0 bridgehead atoms. The average Bonchev–Trinajstić information content (AvgIpc) is 2.39. The van der Waals surface area contributed by atoms with Gasteiger partial charge in [-0.1, -0.05) is 18.2 Å². The monoisotopic (exact) mass is 306 g/mol. The maximum absolute atomic E-state index is 11.5. The first-order chi connectivity index (χ1) is 9.71. The van der Waals surface area contributed by atoms with E-state index in [1.54, 1.807) is 12.1 Å². The zero-order valence-corrected chi connectivity index (χ0v) is 13.0. The van der Waals surface area contributed by atoms with Crippen LogP contribution in [0.15, 0.2) is 35.2 Å². The van der Waals surface area contributed by atoms with Crippen LogP contribution in [-0.2, 0) is 10.0 Å². The van der Waals surface area contributed by atoms with Crippen molar-refractivity contribution in [2.75, 3.05) is 5.73 Å². The number of primary sulfonamides is 1. The van der Waals surface area contributed by atoms with Gasteiger partial charge < -0.3 is 10.5 Å². The van der Waals surface area contributed by atoms with Crippen molar-refractivity contribution in [3.8, 4) is 11.5 Å². The molecule has 5 nitrogen and oxygen atoms in total. The van der Waals surface area contributed by atoms with Gasteiger partial charge in [-0.05, 0) is 49.6 Å². The van der Waals surface area contributed by atoms with Crippen molar-refractivity contribution in [3.63, 3.8) is 0 Å². The molecular weight excluding hydrogens is 288 g/mol. The number of sulfonamides is 1. The third-order valence-corrected chi connectivity index (χ3v) is 4.39. The summed E-state index contributed by atoms with van der Waals surface area (Å²) in [5.41, 5.74) is 8.89. The molecule has 0 aliphatic heterocycles. The largest absolute Gasteiger partial charge is 0.455 e. The number of aryl methyl sites for hydroxylation is 2. The Balaban J connectivity index is 2.54. The number of rotatable bonds is 3. The number of para-hydroxylation sites is 1. The first-order valence-electron chi connectivity index (χ1n) is 6.37. The fraction of sp³-hybridized carbons (Fsp3) is 0.200. The van der Waals surface area contributed by atoms with Crippen LogP contribution in [0.4, 0.5) is 5.69 Å². The fourth-order valence-corrected chi connectivity index (χ4v) is 2.73. The van der Waals surface area contributed by atoms with Crippen molar-refractivity contribution >= 4 is 15.7 Å². The van der Waals surface area contributed by atoms with E-state index in [2.05, 4.69) is 0 Å². The Labute approximate surface area is 124 Å². The summed E-state index contributed by atoms with van der Waals surface area (Å²) in [7, 11) is -3.88. The molecule has 0 saturated carbocycles. The number of hydrogen-bond acceptors (Lipinski definition) is 4. The maximum Gasteiger partial charge on any atom is 0.240 e. The van der Waals surface area contributed by atoms with E-state index in [9.17, 15) is 8.42 Å². The zero-order chi connectivity index (χ0) is 15.8. The summed E-state index contributed by atoms with van der Waals surface area (Å²) in [5, 5.41) is 5.14. The molecule has 0 amide bonds. The summed E-state index contributed by atoms with van der Waals surface area (Å²) < 4.78 is 28.8. The second-order valence-corrected chi connectivity index (χ2v) is 6.50. The molecule has 6 heteroatoms. The third-order valence-electron chi connectivity index (χ3n) is 3.42. The highest BCUT2D eigenvalue weighted by molar-refractivity contribution is 7.89. The van der Waals surface area contributed by atoms with E-state index >= 15 is 0 Å². The number of nitrogen functional groups attached to an aromatic ring is 1. The summed E-state index contributed by atoms with van der Waals surface area (Å²) in [6.07, 6.45) is 0. The smallest absolute Gasteiger partial charge is 0.240 e. The van der Waals surface area contributed by atoms with Crippen molar-refractivity contribution < 1.29 is 13.2 Å². The highest BCUT2D eigenvalue weighted by Crippen LogP contribution is 2.35. The number of ether oxygens (including phenoxy) is 1. The first kappa shape index (κ1) is 15.3. The van der Waals surface area contributed by atoms with E-state index < -0.39 is 10.0 Å². The van der Waals surface area contributed by atoms with Crippen molar-refractivity contribution in [1.82, 2.24) is 0 Å². The van der Waals surface area contributed by atoms with Gasteiger partial charge in [0.1, 0.15) is 10.6 Å². The molecule has 0 spiro atoms. The van der Waals surface area contributed by atoms with Gasteiger partial charge in [0.05, 0.1) is 5.69 Å². The summed E-state index contributed by atoms with van der Waals surface area (Å²) in [5.74, 6) is 0.951. The fourth-order valence-electron chi connectivity index (χ4n) is 2.05.